The van der Waals surface area contributed by atoms with Gasteiger partial charge in [-0.25, -0.2) is 0 Å². The quantitative estimate of drug-likeness (QED) is 0.759. The molecule has 0 unspecified atom stereocenters. The summed E-state index contributed by atoms with van der Waals surface area (Å²) in [6.45, 7) is 1.30. The largest absolute Gasteiger partial charge is 0.491 e. The molecule has 2 heterocycles. The summed E-state index contributed by atoms with van der Waals surface area (Å²) < 4.78 is 7.04. The van der Waals surface area contributed by atoms with Gasteiger partial charge in [-0.3, -0.25) is 4.90 Å². The van der Waals surface area contributed by atoms with Crippen LogP contribution in [0.5, 0.6) is 5.75 Å². The molecule has 2 aliphatic rings. The van der Waals surface area contributed by atoms with E-state index in [-0.39, 0.29) is 12.0 Å². The van der Waals surface area contributed by atoms with Crippen molar-refractivity contribution in [2.24, 2.45) is 5.41 Å². The summed E-state index contributed by atoms with van der Waals surface area (Å²) in [4.78, 5) is 2.30. The molecule has 2 aromatic carbocycles. The lowest BCUT2D eigenvalue weighted by Gasteiger charge is -2.39. The topological polar surface area (TPSA) is 36.3 Å². The molecule has 3 nitrogen and oxygen atoms in total. The highest BCUT2D eigenvalue weighted by Gasteiger charge is 2.58. The van der Waals surface area contributed by atoms with Crippen molar-refractivity contribution in [3.63, 3.8) is 0 Å². The van der Waals surface area contributed by atoms with Crippen LogP contribution in [0.1, 0.15) is 23.1 Å². The maximum absolute atomic E-state index is 10.1. The first kappa shape index (κ1) is 14.7. The summed E-state index contributed by atoms with van der Waals surface area (Å²) in [7, 11) is 2.11. The molecular weight excluding hydrogens is 352 g/mol. The average Bonchev–Trinajstić information content (AvgIpc) is 2.89. The van der Waals surface area contributed by atoms with E-state index < -0.39 is 5.41 Å². The predicted octanol–water partition coefficient (Wildman–Crippen LogP) is 4.12. The standard InChI is InChI=1S/C19H17BrN2O/c1-22-10-16(13-5-3-2-4-6-13)19(11-21)12-23-17-8-7-14(20)9-15(17)18(19)22/h2-9,16,18H,10,12H2,1H3/t16-,18+,19+/m0/s1. The lowest BCUT2D eigenvalue weighted by molar-refractivity contribution is 0.107. The molecule has 1 saturated heterocycles. The summed E-state index contributed by atoms with van der Waals surface area (Å²) in [6.07, 6.45) is 0. The molecule has 0 amide bonds. The van der Waals surface area contributed by atoms with E-state index in [0.29, 0.717) is 6.61 Å². The van der Waals surface area contributed by atoms with Gasteiger partial charge >= 0.3 is 0 Å². The smallest absolute Gasteiger partial charge is 0.124 e. The molecule has 23 heavy (non-hydrogen) atoms. The molecule has 0 aromatic heterocycles. The molecule has 0 radical (unpaired) electrons. The SMILES string of the molecule is CN1C[C@@H](c2ccccc2)[C@@]2(C#N)COc3ccc(Br)cc3[C@@H]12. The fourth-order valence-electron chi connectivity index (χ4n) is 4.16. The first-order chi connectivity index (χ1) is 11.2. The zero-order valence-corrected chi connectivity index (χ0v) is 14.5. The second kappa shape index (κ2) is 5.36. The highest BCUT2D eigenvalue weighted by atomic mass is 79.9. The lowest BCUT2D eigenvalue weighted by Crippen LogP contribution is -2.40. The van der Waals surface area contributed by atoms with Gasteiger partial charge < -0.3 is 4.74 Å². The first-order valence-corrected chi connectivity index (χ1v) is 8.54. The number of hydrogen-bond acceptors (Lipinski definition) is 3. The molecule has 116 valence electrons. The predicted molar refractivity (Wildman–Crippen MR) is 92.2 cm³/mol. The van der Waals surface area contributed by atoms with Gasteiger partial charge in [0, 0.05) is 22.5 Å². The van der Waals surface area contributed by atoms with E-state index in [9.17, 15) is 5.26 Å². The molecule has 0 aliphatic carbocycles. The number of likely N-dealkylation sites (tertiary alicyclic amines) is 1. The Morgan fingerprint density at radius 2 is 2.04 bits per heavy atom. The van der Waals surface area contributed by atoms with Crippen LogP contribution in [0.15, 0.2) is 53.0 Å². The number of ether oxygens (including phenoxy) is 1. The van der Waals surface area contributed by atoms with Crippen LogP contribution in [-0.4, -0.2) is 25.1 Å². The zero-order valence-electron chi connectivity index (χ0n) is 12.9. The van der Waals surface area contributed by atoms with Gasteiger partial charge in [0.1, 0.15) is 17.8 Å². The van der Waals surface area contributed by atoms with Crippen LogP contribution in [0.2, 0.25) is 0 Å². The molecule has 0 N–H and O–H groups in total. The van der Waals surface area contributed by atoms with E-state index in [0.717, 1.165) is 22.3 Å². The van der Waals surface area contributed by atoms with E-state index >= 15 is 0 Å². The molecule has 0 spiro atoms. The number of nitrogens with zero attached hydrogens (tertiary/aromatic N) is 2. The summed E-state index contributed by atoms with van der Waals surface area (Å²) in [5.41, 5.74) is 1.77. The Bertz CT molecular complexity index is 786. The molecule has 2 aliphatic heterocycles. The van der Waals surface area contributed by atoms with E-state index in [1.165, 1.54) is 5.56 Å². The van der Waals surface area contributed by atoms with Crippen LogP contribution in [-0.2, 0) is 0 Å². The number of likely N-dealkylation sites (N-methyl/N-ethyl adjacent to an activating group) is 1. The number of halogens is 1. The van der Waals surface area contributed by atoms with Crippen molar-refractivity contribution >= 4 is 15.9 Å². The summed E-state index contributed by atoms with van der Waals surface area (Å²) in [5, 5.41) is 10.1. The third kappa shape index (κ3) is 2.11. The Balaban J connectivity index is 1.87. The Hall–Kier alpha value is -1.83. The molecule has 4 rings (SSSR count). The van der Waals surface area contributed by atoms with Crippen molar-refractivity contribution in [1.82, 2.24) is 4.90 Å². The van der Waals surface area contributed by atoms with Crippen molar-refractivity contribution in [3.8, 4) is 11.8 Å². The van der Waals surface area contributed by atoms with Crippen LogP contribution in [0.25, 0.3) is 0 Å². The number of fused-ring (bicyclic) bond motifs is 3. The minimum absolute atomic E-state index is 0.0546. The number of hydrogen-bond donors (Lipinski definition) is 0. The zero-order chi connectivity index (χ0) is 16.0. The van der Waals surface area contributed by atoms with Crippen LogP contribution >= 0.6 is 15.9 Å². The molecule has 0 saturated carbocycles. The fraction of sp³-hybridized carbons (Fsp3) is 0.316. The van der Waals surface area contributed by atoms with Crippen molar-refractivity contribution in [2.45, 2.75) is 12.0 Å². The Morgan fingerprint density at radius 1 is 1.26 bits per heavy atom. The van der Waals surface area contributed by atoms with Gasteiger partial charge in [-0.1, -0.05) is 46.3 Å². The van der Waals surface area contributed by atoms with Crippen LogP contribution < -0.4 is 4.74 Å². The summed E-state index contributed by atoms with van der Waals surface area (Å²) >= 11 is 3.55. The first-order valence-electron chi connectivity index (χ1n) is 7.74. The molecule has 3 atom stereocenters. The second-order valence-electron chi connectivity index (χ2n) is 6.43. The number of rotatable bonds is 1. The van der Waals surface area contributed by atoms with E-state index in [4.69, 9.17) is 4.74 Å². The number of nitriles is 1. The molecule has 2 aromatic rings. The van der Waals surface area contributed by atoms with Crippen molar-refractivity contribution in [3.05, 3.63) is 64.1 Å². The van der Waals surface area contributed by atoms with Gasteiger partial charge in [0.05, 0.1) is 12.1 Å². The normalized spacial score (nSPS) is 29.3. The molecular formula is C19H17BrN2O. The van der Waals surface area contributed by atoms with Gasteiger partial charge in [0.25, 0.3) is 0 Å². The van der Waals surface area contributed by atoms with Gasteiger partial charge in [0.2, 0.25) is 0 Å². The lowest BCUT2D eigenvalue weighted by atomic mass is 9.69. The Morgan fingerprint density at radius 3 is 2.78 bits per heavy atom. The molecule has 1 fully saturated rings. The van der Waals surface area contributed by atoms with Crippen LogP contribution in [0.4, 0.5) is 0 Å². The van der Waals surface area contributed by atoms with Gasteiger partial charge in [0.15, 0.2) is 0 Å². The van der Waals surface area contributed by atoms with Gasteiger partial charge in [-0.05, 0) is 30.8 Å². The molecule has 0 bridgehead atoms. The maximum atomic E-state index is 10.1. The minimum Gasteiger partial charge on any atom is -0.491 e. The molecule has 4 heteroatoms. The van der Waals surface area contributed by atoms with Crippen LogP contribution in [0.3, 0.4) is 0 Å². The Labute approximate surface area is 144 Å². The van der Waals surface area contributed by atoms with E-state index in [2.05, 4.69) is 52.1 Å². The van der Waals surface area contributed by atoms with Crippen molar-refractivity contribution < 1.29 is 4.74 Å². The Kier molecular flexibility index (Phi) is 3.44. The minimum atomic E-state index is -0.552. The van der Waals surface area contributed by atoms with Crippen molar-refractivity contribution in [2.75, 3.05) is 20.2 Å². The fourth-order valence-corrected chi connectivity index (χ4v) is 4.53. The third-order valence-corrected chi connectivity index (χ3v) is 5.66. The highest BCUT2D eigenvalue weighted by Crippen LogP contribution is 2.58. The van der Waals surface area contributed by atoms with Gasteiger partial charge in [-0.2, -0.15) is 5.26 Å². The third-order valence-electron chi connectivity index (χ3n) is 5.16. The highest BCUT2D eigenvalue weighted by molar-refractivity contribution is 9.10. The van der Waals surface area contributed by atoms with Gasteiger partial charge in [-0.15, -0.1) is 0 Å². The van der Waals surface area contributed by atoms with E-state index in [1.807, 2.05) is 30.3 Å². The summed E-state index contributed by atoms with van der Waals surface area (Å²) in [6, 6.07) is 19.1. The summed E-state index contributed by atoms with van der Waals surface area (Å²) in [5.74, 6) is 1.04. The van der Waals surface area contributed by atoms with Crippen molar-refractivity contribution in [1.29, 1.82) is 5.26 Å². The maximum Gasteiger partial charge on any atom is 0.124 e. The second-order valence-corrected chi connectivity index (χ2v) is 7.34. The number of benzene rings is 2. The van der Waals surface area contributed by atoms with Crippen LogP contribution in [0, 0.1) is 16.7 Å². The monoisotopic (exact) mass is 368 g/mol. The average molecular weight is 369 g/mol. The van der Waals surface area contributed by atoms with E-state index in [1.54, 1.807) is 0 Å².